The van der Waals surface area contributed by atoms with Gasteiger partial charge in [-0.3, -0.25) is 0 Å². The molecule has 1 nitrogen and oxygen atoms in total. The molecule has 1 aromatic carbocycles. The van der Waals surface area contributed by atoms with Crippen molar-refractivity contribution in [3.05, 3.63) is 26.6 Å². The maximum atomic E-state index is 6.08. The molecule has 2 rings (SSSR count). The molecule has 0 radical (unpaired) electrons. The van der Waals surface area contributed by atoms with Crippen molar-refractivity contribution in [3.63, 3.8) is 0 Å². The summed E-state index contributed by atoms with van der Waals surface area (Å²) in [5, 5.41) is 3.39. The standard InChI is InChI=1S/C10H10INS/c1-2-6-3-4-8-9(10(6)12)7(11)5-13-8/h3-5H,2,12H2,1H3. The average molecular weight is 303 g/mol. The summed E-state index contributed by atoms with van der Waals surface area (Å²) in [6.45, 7) is 2.14. The predicted octanol–water partition coefficient (Wildman–Crippen LogP) is 3.65. The van der Waals surface area contributed by atoms with E-state index in [1.54, 1.807) is 11.3 Å². The summed E-state index contributed by atoms with van der Waals surface area (Å²) < 4.78 is 2.56. The van der Waals surface area contributed by atoms with E-state index < -0.39 is 0 Å². The zero-order valence-electron chi connectivity index (χ0n) is 7.30. The molecular weight excluding hydrogens is 293 g/mol. The molecule has 2 aromatic rings. The molecule has 0 aliphatic carbocycles. The normalized spacial score (nSPS) is 10.9. The summed E-state index contributed by atoms with van der Waals surface area (Å²) in [4.78, 5) is 0. The van der Waals surface area contributed by atoms with Crippen LogP contribution in [-0.4, -0.2) is 0 Å². The Hall–Kier alpha value is -0.290. The van der Waals surface area contributed by atoms with Crippen LogP contribution in [0.15, 0.2) is 17.5 Å². The lowest BCUT2D eigenvalue weighted by Gasteiger charge is -2.04. The van der Waals surface area contributed by atoms with Crippen LogP contribution in [0, 0.1) is 3.57 Å². The van der Waals surface area contributed by atoms with Crippen molar-refractivity contribution < 1.29 is 0 Å². The first kappa shape index (κ1) is 9.27. The largest absolute Gasteiger partial charge is 0.398 e. The molecular formula is C10H10INS. The Morgan fingerprint density at radius 2 is 2.23 bits per heavy atom. The third-order valence-electron chi connectivity index (χ3n) is 2.21. The number of benzene rings is 1. The molecule has 68 valence electrons. The zero-order valence-corrected chi connectivity index (χ0v) is 10.3. The van der Waals surface area contributed by atoms with E-state index in [2.05, 4.69) is 47.0 Å². The lowest BCUT2D eigenvalue weighted by atomic mass is 10.1. The van der Waals surface area contributed by atoms with Gasteiger partial charge in [0.25, 0.3) is 0 Å². The molecule has 1 heterocycles. The fraction of sp³-hybridized carbons (Fsp3) is 0.200. The quantitative estimate of drug-likeness (QED) is 0.631. The highest BCUT2D eigenvalue weighted by Crippen LogP contribution is 2.33. The third-order valence-corrected chi connectivity index (χ3v) is 4.43. The van der Waals surface area contributed by atoms with Crippen LogP contribution in [0.25, 0.3) is 10.1 Å². The molecule has 2 N–H and O–H groups in total. The second-order valence-electron chi connectivity index (χ2n) is 2.95. The molecule has 0 atom stereocenters. The molecule has 0 spiro atoms. The van der Waals surface area contributed by atoms with Crippen molar-refractivity contribution in [3.8, 4) is 0 Å². The number of aryl methyl sites for hydroxylation is 1. The highest BCUT2D eigenvalue weighted by molar-refractivity contribution is 14.1. The molecule has 0 aliphatic heterocycles. The van der Waals surface area contributed by atoms with Gasteiger partial charge in [-0.05, 0) is 40.6 Å². The van der Waals surface area contributed by atoms with E-state index >= 15 is 0 Å². The van der Waals surface area contributed by atoms with Crippen LogP contribution in [-0.2, 0) is 6.42 Å². The summed E-state index contributed by atoms with van der Waals surface area (Å²) in [5.74, 6) is 0. The summed E-state index contributed by atoms with van der Waals surface area (Å²) in [6, 6.07) is 4.29. The minimum absolute atomic E-state index is 0.964. The van der Waals surface area contributed by atoms with Crippen molar-refractivity contribution in [1.29, 1.82) is 0 Å². The van der Waals surface area contributed by atoms with Gasteiger partial charge in [-0.25, -0.2) is 0 Å². The number of hydrogen-bond acceptors (Lipinski definition) is 2. The lowest BCUT2D eigenvalue weighted by Crippen LogP contribution is -1.93. The Balaban J connectivity index is 2.83. The SMILES string of the molecule is CCc1ccc2scc(I)c2c1N. The van der Waals surface area contributed by atoms with Crippen LogP contribution in [0.3, 0.4) is 0 Å². The van der Waals surface area contributed by atoms with E-state index in [1.165, 1.54) is 19.2 Å². The average Bonchev–Trinajstić information content (AvgIpc) is 2.49. The summed E-state index contributed by atoms with van der Waals surface area (Å²) in [7, 11) is 0. The van der Waals surface area contributed by atoms with Gasteiger partial charge < -0.3 is 5.73 Å². The van der Waals surface area contributed by atoms with Crippen LogP contribution in [0.2, 0.25) is 0 Å². The highest BCUT2D eigenvalue weighted by Gasteiger charge is 2.07. The summed E-state index contributed by atoms with van der Waals surface area (Å²) >= 11 is 4.10. The monoisotopic (exact) mass is 303 g/mol. The second-order valence-corrected chi connectivity index (χ2v) is 5.02. The summed E-state index contributed by atoms with van der Waals surface area (Å²) in [5.41, 5.74) is 8.29. The fourth-order valence-electron chi connectivity index (χ4n) is 1.47. The molecule has 0 unspecified atom stereocenters. The number of anilines is 1. The number of nitrogens with two attached hydrogens (primary N) is 1. The van der Waals surface area contributed by atoms with Gasteiger partial charge in [-0.15, -0.1) is 11.3 Å². The second kappa shape index (κ2) is 3.46. The third kappa shape index (κ3) is 1.44. The zero-order chi connectivity index (χ0) is 9.42. The van der Waals surface area contributed by atoms with E-state index in [9.17, 15) is 0 Å². The van der Waals surface area contributed by atoms with E-state index in [4.69, 9.17) is 5.73 Å². The molecule has 13 heavy (non-hydrogen) atoms. The van der Waals surface area contributed by atoms with Crippen LogP contribution in [0.1, 0.15) is 12.5 Å². The van der Waals surface area contributed by atoms with Crippen molar-refractivity contribution >= 4 is 49.7 Å². The van der Waals surface area contributed by atoms with Crippen molar-refractivity contribution in [2.24, 2.45) is 0 Å². The number of halogens is 1. The number of hydrogen-bond donors (Lipinski definition) is 1. The number of fused-ring (bicyclic) bond motifs is 1. The van der Waals surface area contributed by atoms with E-state index in [-0.39, 0.29) is 0 Å². The Morgan fingerprint density at radius 3 is 2.92 bits per heavy atom. The first-order valence-electron chi connectivity index (χ1n) is 4.18. The molecule has 0 saturated carbocycles. The Bertz CT molecular complexity index is 447. The van der Waals surface area contributed by atoms with Gasteiger partial charge in [0.2, 0.25) is 0 Å². The molecule has 0 saturated heterocycles. The topological polar surface area (TPSA) is 26.0 Å². The minimum atomic E-state index is 0.964. The molecule has 0 fully saturated rings. The molecule has 1 aromatic heterocycles. The first-order valence-corrected chi connectivity index (χ1v) is 6.14. The summed E-state index contributed by atoms with van der Waals surface area (Å²) in [6.07, 6.45) is 1.01. The van der Waals surface area contributed by atoms with E-state index in [0.717, 1.165) is 12.1 Å². The number of nitrogen functional groups attached to an aromatic ring is 1. The van der Waals surface area contributed by atoms with Gasteiger partial charge in [-0.1, -0.05) is 13.0 Å². The Labute approximate surface area is 95.1 Å². The molecule has 0 amide bonds. The maximum Gasteiger partial charge on any atom is 0.0445 e. The van der Waals surface area contributed by atoms with Crippen molar-refractivity contribution in [1.82, 2.24) is 0 Å². The van der Waals surface area contributed by atoms with Gasteiger partial charge in [0.15, 0.2) is 0 Å². The predicted molar refractivity (Wildman–Crippen MR) is 68.3 cm³/mol. The Kier molecular flexibility index (Phi) is 2.47. The minimum Gasteiger partial charge on any atom is -0.398 e. The maximum absolute atomic E-state index is 6.08. The van der Waals surface area contributed by atoms with E-state index in [0.29, 0.717) is 0 Å². The van der Waals surface area contributed by atoms with Gasteiger partial charge in [0.05, 0.1) is 0 Å². The van der Waals surface area contributed by atoms with E-state index in [1.807, 2.05) is 0 Å². The Morgan fingerprint density at radius 1 is 1.46 bits per heavy atom. The molecule has 0 aliphatic rings. The fourth-order valence-corrected chi connectivity index (χ4v) is 3.45. The van der Waals surface area contributed by atoms with Gasteiger partial charge in [0, 0.05) is 24.7 Å². The smallest absolute Gasteiger partial charge is 0.0445 e. The number of thiophene rings is 1. The van der Waals surface area contributed by atoms with Gasteiger partial charge in [0.1, 0.15) is 0 Å². The van der Waals surface area contributed by atoms with Crippen LogP contribution < -0.4 is 5.73 Å². The van der Waals surface area contributed by atoms with Crippen LogP contribution in [0.5, 0.6) is 0 Å². The van der Waals surface area contributed by atoms with Crippen LogP contribution >= 0.6 is 33.9 Å². The van der Waals surface area contributed by atoms with Crippen molar-refractivity contribution in [2.45, 2.75) is 13.3 Å². The highest BCUT2D eigenvalue weighted by atomic mass is 127. The van der Waals surface area contributed by atoms with Crippen molar-refractivity contribution in [2.75, 3.05) is 5.73 Å². The first-order chi connectivity index (χ1) is 6.24. The molecule has 0 bridgehead atoms. The number of rotatable bonds is 1. The van der Waals surface area contributed by atoms with Gasteiger partial charge in [-0.2, -0.15) is 0 Å². The lowest BCUT2D eigenvalue weighted by molar-refractivity contribution is 1.15. The molecule has 3 heteroatoms. The van der Waals surface area contributed by atoms with Gasteiger partial charge >= 0.3 is 0 Å². The van der Waals surface area contributed by atoms with Crippen LogP contribution in [0.4, 0.5) is 5.69 Å².